The van der Waals surface area contributed by atoms with E-state index in [1.165, 1.54) is 54.9 Å². The minimum absolute atomic E-state index is 0.891. The highest BCUT2D eigenvalue weighted by Gasteiger charge is 2.19. The van der Waals surface area contributed by atoms with Crippen LogP contribution in [0.3, 0.4) is 0 Å². The van der Waals surface area contributed by atoms with Crippen LogP contribution < -0.4 is 4.90 Å². The van der Waals surface area contributed by atoms with Crippen molar-refractivity contribution in [2.45, 2.75) is 0 Å². The van der Waals surface area contributed by atoms with Crippen molar-refractivity contribution in [1.82, 2.24) is 0 Å². The Balaban J connectivity index is 1.05. The summed E-state index contributed by atoms with van der Waals surface area (Å²) in [7, 11) is 0. The summed E-state index contributed by atoms with van der Waals surface area (Å²) in [6.07, 6.45) is 0. The van der Waals surface area contributed by atoms with Gasteiger partial charge in [0.25, 0.3) is 0 Å². The number of rotatable bonds is 7. The minimum atomic E-state index is 0.891. The molecule has 272 valence electrons. The van der Waals surface area contributed by atoms with Crippen molar-refractivity contribution in [3.8, 4) is 44.5 Å². The largest absolute Gasteiger partial charge is 0.456 e. The Labute approximate surface area is 337 Å². The van der Waals surface area contributed by atoms with Crippen molar-refractivity contribution in [2.75, 3.05) is 4.90 Å². The summed E-state index contributed by atoms with van der Waals surface area (Å²) < 4.78 is 6.23. The molecule has 1 heterocycles. The summed E-state index contributed by atoms with van der Waals surface area (Å²) in [6.45, 7) is 0. The van der Waals surface area contributed by atoms with Gasteiger partial charge in [-0.15, -0.1) is 0 Å². The third kappa shape index (κ3) is 5.82. The van der Waals surface area contributed by atoms with Crippen LogP contribution in [0.2, 0.25) is 0 Å². The number of benzene rings is 10. The number of hydrogen-bond donors (Lipinski definition) is 0. The van der Waals surface area contributed by atoms with Crippen molar-refractivity contribution < 1.29 is 4.42 Å². The fourth-order valence-electron chi connectivity index (χ4n) is 8.72. The molecule has 0 unspecified atom stereocenters. The number of hydrogen-bond acceptors (Lipinski definition) is 2. The van der Waals surface area contributed by atoms with E-state index >= 15 is 0 Å². The van der Waals surface area contributed by atoms with Gasteiger partial charge in [0.15, 0.2) is 0 Å². The summed E-state index contributed by atoms with van der Waals surface area (Å²) in [4.78, 5) is 2.39. The van der Waals surface area contributed by atoms with E-state index in [1.54, 1.807) is 0 Å². The van der Waals surface area contributed by atoms with Gasteiger partial charge in [0.1, 0.15) is 11.2 Å². The molecule has 1 aromatic heterocycles. The minimum Gasteiger partial charge on any atom is -0.456 e. The number of anilines is 3. The molecule has 11 aromatic rings. The molecular formula is C56H37NO. The van der Waals surface area contributed by atoms with Crippen LogP contribution in [0, 0.1) is 0 Å². The third-order valence-corrected chi connectivity index (χ3v) is 11.5. The van der Waals surface area contributed by atoms with E-state index in [2.05, 4.69) is 217 Å². The molecule has 0 N–H and O–H groups in total. The first-order chi connectivity index (χ1) is 28.8. The first-order valence-electron chi connectivity index (χ1n) is 19.8. The molecule has 0 aliphatic heterocycles. The van der Waals surface area contributed by atoms with Gasteiger partial charge in [-0.2, -0.15) is 0 Å². The van der Waals surface area contributed by atoms with Crippen molar-refractivity contribution >= 4 is 60.5 Å². The molecule has 0 radical (unpaired) electrons. The maximum absolute atomic E-state index is 6.23. The predicted molar refractivity (Wildman–Crippen MR) is 245 cm³/mol. The van der Waals surface area contributed by atoms with Gasteiger partial charge in [-0.3, -0.25) is 0 Å². The number of furan rings is 1. The lowest BCUT2D eigenvalue weighted by Crippen LogP contribution is -2.11. The molecule has 0 fully saturated rings. The summed E-state index contributed by atoms with van der Waals surface area (Å²) in [6, 6.07) is 80.8. The molecule has 0 saturated heterocycles. The quantitative estimate of drug-likeness (QED) is 0.162. The molecule has 11 rings (SSSR count). The second-order valence-corrected chi connectivity index (χ2v) is 14.9. The van der Waals surface area contributed by atoms with E-state index < -0.39 is 0 Å². The average molecular weight is 740 g/mol. The summed E-state index contributed by atoms with van der Waals surface area (Å²) >= 11 is 0. The van der Waals surface area contributed by atoms with Crippen LogP contribution in [0.4, 0.5) is 17.1 Å². The molecule has 10 aromatic carbocycles. The molecule has 2 heteroatoms. The zero-order valence-electron chi connectivity index (χ0n) is 31.7. The molecular weight excluding hydrogens is 703 g/mol. The van der Waals surface area contributed by atoms with Crippen LogP contribution in [0.15, 0.2) is 229 Å². The van der Waals surface area contributed by atoms with Crippen LogP contribution in [0.25, 0.3) is 88.0 Å². The first kappa shape index (κ1) is 33.6. The topological polar surface area (TPSA) is 16.4 Å². The van der Waals surface area contributed by atoms with Crippen LogP contribution in [-0.4, -0.2) is 0 Å². The number of para-hydroxylation sites is 2. The Morgan fingerprint density at radius 2 is 0.741 bits per heavy atom. The molecule has 2 nitrogen and oxygen atoms in total. The van der Waals surface area contributed by atoms with Crippen LogP contribution in [0.5, 0.6) is 0 Å². The lowest BCUT2D eigenvalue weighted by molar-refractivity contribution is 0.669. The second-order valence-electron chi connectivity index (χ2n) is 14.9. The van der Waals surface area contributed by atoms with Gasteiger partial charge in [0.2, 0.25) is 0 Å². The standard InChI is InChI=1S/C56H37NO/c1-3-17-45-38(13-1)15-11-23-46(45)40-27-32-43(33-28-40)57(54-25-9-7-20-49(54)42-31-36-56-53(37-42)52-22-8-10-26-55(52)58-56)44-34-29-41(30-35-44)48-19-5-6-21-50(48)51-24-12-16-39-14-2-4-18-47(39)51/h1-37H. The molecule has 0 spiro atoms. The zero-order valence-corrected chi connectivity index (χ0v) is 31.7. The monoisotopic (exact) mass is 739 g/mol. The Hall–Kier alpha value is -7.68. The van der Waals surface area contributed by atoms with Gasteiger partial charge in [-0.05, 0) is 109 Å². The maximum atomic E-state index is 6.23. The number of fused-ring (bicyclic) bond motifs is 5. The predicted octanol–water partition coefficient (Wildman–Crippen LogP) is 16.0. The van der Waals surface area contributed by atoms with E-state index in [-0.39, 0.29) is 0 Å². The Kier molecular flexibility index (Phi) is 8.19. The second kappa shape index (κ2) is 14.1. The van der Waals surface area contributed by atoms with E-state index in [0.717, 1.165) is 50.1 Å². The summed E-state index contributed by atoms with van der Waals surface area (Å²) in [5, 5.41) is 7.22. The Morgan fingerprint density at radius 1 is 0.276 bits per heavy atom. The first-order valence-corrected chi connectivity index (χ1v) is 19.8. The zero-order chi connectivity index (χ0) is 38.4. The number of nitrogens with zero attached hydrogens (tertiary/aromatic N) is 1. The average Bonchev–Trinajstić information content (AvgIpc) is 3.67. The van der Waals surface area contributed by atoms with Crippen molar-refractivity contribution in [3.05, 3.63) is 224 Å². The third-order valence-electron chi connectivity index (χ3n) is 11.5. The van der Waals surface area contributed by atoms with Gasteiger partial charge >= 0.3 is 0 Å². The lowest BCUT2D eigenvalue weighted by atomic mass is 9.91. The normalized spacial score (nSPS) is 11.4. The smallest absolute Gasteiger partial charge is 0.135 e. The lowest BCUT2D eigenvalue weighted by Gasteiger charge is -2.28. The fraction of sp³-hybridized carbons (Fsp3) is 0. The molecule has 58 heavy (non-hydrogen) atoms. The SMILES string of the molecule is c1ccc(-c2cccc3ccccc23)c(-c2ccc(N(c3ccc(-c4cccc5ccccc45)cc3)c3ccccc3-c3ccc4oc5ccccc5c4c3)cc2)c1. The van der Waals surface area contributed by atoms with Gasteiger partial charge in [0.05, 0.1) is 5.69 Å². The van der Waals surface area contributed by atoms with Crippen LogP contribution >= 0.6 is 0 Å². The van der Waals surface area contributed by atoms with Gasteiger partial charge in [-0.1, -0.05) is 176 Å². The maximum Gasteiger partial charge on any atom is 0.135 e. The van der Waals surface area contributed by atoms with Crippen molar-refractivity contribution in [2.24, 2.45) is 0 Å². The molecule has 0 bridgehead atoms. The van der Waals surface area contributed by atoms with Crippen LogP contribution in [-0.2, 0) is 0 Å². The molecule has 0 saturated carbocycles. The van der Waals surface area contributed by atoms with Gasteiger partial charge in [0, 0.05) is 27.7 Å². The van der Waals surface area contributed by atoms with E-state index in [4.69, 9.17) is 4.42 Å². The highest BCUT2D eigenvalue weighted by Crippen LogP contribution is 2.44. The van der Waals surface area contributed by atoms with Crippen molar-refractivity contribution in [3.63, 3.8) is 0 Å². The highest BCUT2D eigenvalue weighted by molar-refractivity contribution is 6.07. The molecule has 0 aliphatic rings. The molecule has 0 amide bonds. The van der Waals surface area contributed by atoms with Gasteiger partial charge in [-0.25, -0.2) is 0 Å². The van der Waals surface area contributed by atoms with E-state index in [1.807, 2.05) is 12.1 Å². The fourth-order valence-corrected chi connectivity index (χ4v) is 8.72. The highest BCUT2D eigenvalue weighted by atomic mass is 16.3. The van der Waals surface area contributed by atoms with Crippen molar-refractivity contribution in [1.29, 1.82) is 0 Å². The Bertz CT molecular complexity index is 3270. The molecule has 0 atom stereocenters. The van der Waals surface area contributed by atoms with Gasteiger partial charge < -0.3 is 9.32 Å². The Morgan fingerprint density at radius 3 is 1.45 bits per heavy atom. The molecule has 0 aliphatic carbocycles. The van der Waals surface area contributed by atoms with E-state index in [0.29, 0.717) is 0 Å². The van der Waals surface area contributed by atoms with E-state index in [9.17, 15) is 0 Å². The summed E-state index contributed by atoms with van der Waals surface area (Å²) in [5.41, 5.74) is 14.6. The van der Waals surface area contributed by atoms with Crippen LogP contribution in [0.1, 0.15) is 0 Å². The summed E-state index contributed by atoms with van der Waals surface area (Å²) in [5.74, 6) is 0.